The maximum atomic E-state index is 6.68. The van der Waals surface area contributed by atoms with E-state index in [1.54, 1.807) is 0 Å². The molecule has 294 valence electrons. The van der Waals surface area contributed by atoms with Gasteiger partial charge in [0.25, 0.3) is 0 Å². The summed E-state index contributed by atoms with van der Waals surface area (Å²) in [4.78, 5) is 20.9. The van der Waals surface area contributed by atoms with E-state index in [9.17, 15) is 0 Å². The molecule has 0 aliphatic carbocycles. The molecule has 0 radical (unpaired) electrons. The zero-order valence-electron chi connectivity index (χ0n) is 34.0. The lowest BCUT2D eigenvalue weighted by atomic mass is 9.90. The highest BCUT2D eigenvalue weighted by atomic mass is 16.3. The number of rotatable bonds is 7. The van der Waals surface area contributed by atoms with Crippen LogP contribution in [0.25, 0.3) is 122 Å². The lowest BCUT2D eigenvalue weighted by Crippen LogP contribution is -2.01. The second-order valence-electron chi connectivity index (χ2n) is 15.8. The number of para-hydroxylation sites is 2. The third-order valence-electron chi connectivity index (χ3n) is 11.9. The monoisotopic (exact) mass is 804 g/mol. The normalized spacial score (nSPS) is 11.5. The first-order chi connectivity index (χ1) is 31.2. The van der Waals surface area contributed by atoms with E-state index < -0.39 is 0 Å². The highest BCUT2D eigenvalue weighted by molar-refractivity contribution is 6.15. The largest absolute Gasteiger partial charge is 0.455 e. The Morgan fingerprint density at radius 2 is 0.825 bits per heavy atom. The summed E-state index contributed by atoms with van der Waals surface area (Å²) < 4.78 is 6.68. The highest BCUT2D eigenvalue weighted by Crippen LogP contribution is 2.42. The summed E-state index contributed by atoms with van der Waals surface area (Å²) in [7, 11) is 0. The molecule has 0 fully saturated rings. The van der Waals surface area contributed by atoms with Crippen molar-refractivity contribution in [2.75, 3.05) is 0 Å². The van der Waals surface area contributed by atoms with Gasteiger partial charge in [-0.05, 0) is 75.0 Å². The van der Waals surface area contributed by atoms with Crippen LogP contribution in [0.1, 0.15) is 0 Å². The highest BCUT2D eigenvalue weighted by Gasteiger charge is 2.20. The van der Waals surface area contributed by atoms with Gasteiger partial charge in [0.15, 0.2) is 17.5 Å². The topological polar surface area (TPSA) is 64.7 Å². The van der Waals surface area contributed by atoms with Gasteiger partial charge in [0.2, 0.25) is 0 Å². The fourth-order valence-electron chi connectivity index (χ4n) is 8.83. The summed E-state index contributed by atoms with van der Waals surface area (Å²) in [6, 6.07) is 75.8. The number of hydrogen-bond acceptors (Lipinski definition) is 5. The van der Waals surface area contributed by atoms with E-state index in [0.717, 1.165) is 105 Å². The second kappa shape index (κ2) is 15.2. The Balaban J connectivity index is 1.14. The minimum absolute atomic E-state index is 0.567. The van der Waals surface area contributed by atoms with Crippen LogP contribution in [0.4, 0.5) is 0 Å². The Morgan fingerprint density at radius 3 is 1.56 bits per heavy atom. The number of pyridine rings is 1. The average molecular weight is 805 g/mol. The number of fused-ring (bicyclic) bond motifs is 6. The molecule has 5 heteroatoms. The molecular formula is C58H36N4O. The molecule has 0 N–H and O–H groups in total. The molecule has 0 bridgehead atoms. The van der Waals surface area contributed by atoms with Gasteiger partial charge in [0.05, 0.1) is 11.2 Å². The van der Waals surface area contributed by atoms with Gasteiger partial charge in [-0.2, -0.15) is 0 Å². The summed E-state index contributed by atoms with van der Waals surface area (Å²) in [6.45, 7) is 0. The van der Waals surface area contributed by atoms with Gasteiger partial charge in [-0.3, -0.25) is 0 Å². The van der Waals surface area contributed by atoms with Gasteiger partial charge in [0.1, 0.15) is 11.2 Å². The predicted octanol–water partition coefficient (Wildman–Crippen LogP) is 15.1. The van der Waals surface area contributed by atoms with Crippen LogP contribution in [0.15, 0.2) is 223 Å². The van der Waals surface area contributed by atoms with Crippen molar-refractivity contribution >= 4 is 43.6 Å². The molecule has 0 unspecified atom stereocenters. The van der Waals surface area contributed by atoms with Gasteiger partial charge in [-0.1, -0.05) is 182 Å². The van der Waals surface area contributed by atoms with Gasteiger partial charge >= 0.3 is 0 Å². The zero-order chi connectivity index (χ0) is 41.7. The van der Waals surface area contributed by atoms with Crippen molar-refractivity contribution in [3.05, 3.63) is 218 Å². The molecule has 3 aromatic heterocycles. The molecule has 0 aliphatic heterocycles. The van der Waals surface area contributed by atoms with Crippen molar-refractivity contribution in [3.8, 4) is 78.8 Å². The summed E-state index contributed by atoms with van der Waals surface area (Å²) in [6.07, 6.45) is 0. The van der Waals surface area contributed by atoms with Gasteiger partial charge in [-0.15, -0.1) is 0 Å². The minimum atomic E-state index is 0.567. The Labute approximate surface area is 363 Å². The van der Waals surface area contributed by atoms with Crippen molar-refractivity contribution in [3.63, 3.8) is 0 Å². The number of hydrogen-bond donors (Lipinski definition) is 0. The van der Waals surface area contributed by atoms with Crippen LogP contribution < -0.4 is 0 Å². The number of benzene rings is 9. The van der Waals surface area contributed by atoms with E-state index in [1.807, 2.05) is 54.6 Å². The molecule has 12 aromatic rings. The number of aromatic nitrogens is 4. The zero-order valence-corrected chi connectivity index (χ0v) is 34.0. The molecule has 0 aliphatic rings. The van der Waals surface area contributed by atoms with Crippen LogP contribution in [-0.2, 0) is 0 Å². The Morgan fingerprint density at radius 1 is 0.302 bits per heavy atom. The Hall–Kier alpha value is -8.54. The minimum Gasteiger partial charge on any atom is -0.455 e. The molecule has 0 saturated carbocycles. The molecule has 63 heavy (non-hydrogen) atoms. The lowest BCUT2D eigenvalue weighted by molar-refractivity contribution is 0.670. The average Bonchev–Trinajstić information content (AvgIpc) is 3.75. The summed E-state index contributed by atoms with van der Waals surface area (Å²) in [5.41, 5.74) is 13.5. The van der Waals surface area contributed by atoms with Crippen molar-refractivity contribution in [2.45, 2.75) is 0 Å². The third-order valence-corrected chi connectivity index (χ3v) is 11.9. The molecule has 0 atom stereocenters. The van der Waals surface area contributed by atoms with E-state index >= 15 is 0 Å². The Kier molecular flexibility index (Phi) is 8.75. The smallest absolute Gasteiger partial charge is 0.164 e. The van der Waals surface area contributed by atoms with Crippen LogP contribution in [0.3, 0.4) is 0 Å². The van der Waals surface area contributed by atoms with Crippen molar-refractivity contribution in [1.29, 1.82) is 0 Å². The Bertz CT molecular complexity index is 3660. The van der Waals surface area contributed by atoms with Crippen molar-refractivity contribution < 1.29 is 4.42 Å². The maximum absolute atomic E-state index is 6.68. The van der Waals surface area contributed by atoms with Gasteiger partial charge < -0.3 is 4.42 Å². The van der Waals surface area contributed by atoms with E-state index in [4.69, 9.17) is 24.4 Å². The fraction of sp³-hybridized carbons (Fsp3) is 0. The standard InChI is InChI=1S/C58H36N4O/c1-4-15-37(16-5-1)38-27-29-42(30-28-38)57-60-56(41-20-8-3-9-21-41)61-58(62-57)45-34-43(47-24-14-25-49-48-23-12-13-26-53(48)63-55(47)49)33-44(35-45)50-36-52(40-18-6-2-7-19-40)59-51-32-31-39-17-10-11-22-46(39)54(50)51/h1-36H. The molecule has 12 rings (SSSR count). The van der Waals surface area contributed by atoms with Crippen LogP contribution in [0, 0.1) is 0 Å². The second-order valence-corrected chi connectivity index (χ2v) is 15.8. The molecule has 9 aromatic carbocycles. The van der Waals surface area contributed by atoms with Crippen LogP contribution >= 0.6 is 0 Å². The molecule has 3 heterocycles. The van der Waals surface area contributed by atoms with E-state index in [2.05, 4.69) is 164 Å². The molecule has 5 nitrogen and oxygen atoms in total. The van der Waals surface area contributed by atoms with Gasteiger partial charge in [-0.25, -0.2) is 19.9 Å². The van der Waals surface area contributed by atoms with Crippen molar-refractivity contribution in [2.24, 2.45) is 0 Å². The summed E-state index contributed by atoms with van der Waals surface area (Å²) in [5, 5.41) is 5.51. The quantitative estimate of drug-likeness (QED) is 0.150. The van der Waals surface area contributed by atoms with E-state index in [-0.39, 0.29) is 0 Å². The molecular weight excluding hydrogens is 769 g/mol. The van der Waals surface area contributed by atoms with Gasteiger partial charge in [0, 0.05) is 44.0 Å². The molecule has 0 amide bonds. The van der Waals surface area contributed by atoms with E-state index in [1.165, 1.54) is 0 Å². The maximum Gasteiger partial charge on any atom is 0.164 e. The third kappa shape index (κ3) is 6.60. The van der Waals surface area contributed by atoms with Crippen LogP contribution in [0.5, 0.6) is 0 Å². The van der Waals surface area contributed by atoms with Crippen molar-refractivity contribution in [1.82, 2.24) is 19.9 Å². The molecule has 0 spiro atoms. The SMILES string of the molecule is c1ccc(-c2ccc(-c3nc(-c4ccccc4)nc(-c4cc(-c5cccc6c5oc5ccccc56)cc(-c5cc(-c6ccccc6)nc6ccc7ccccc7c56)c4)n3)cc2)cc1. The molecule has 0 saturated heterocycles. The predicted molar refractivity (Wildman–Crippen MR) is 258 cm³/mol. The number of furan rings is 1. The van der Waals surface area contributed by atoms with Crippen LogP contribution in [0.2, 0.25) is 0 Å². The first kappa shape index (κ1) is 36.3. The first-order valence-electron chi connectivity index (χ1n) is 21.1. The lowest BCUT2D eigenvalue weighted by Gasteiger charge is -2.16. The fourth-order valence-corrected chi connectivity index (χ4v) is 8.83. The summed E-state index contributed by atoms with van der Waals surface area (Å²) in [5.74, 6) is 1.76. The van der Waals surface area contributed by atoms with E-state index in [0.29, 0.717) is 17.5 Å². The first-order valence-corrected chi connectivity index (χ1v) is 21.1. The number of nitrogens with zero attached hydrogens (tertiary/aromatic N) is 4. The van der Waals surface area contributed by atoms with Crippen LogP contribution in [-0.4, -0.2) is 19.9 Å². The summed E-state index contributed by atoms with van der Waals surface area (Å²) >= 11 is 0.